The van der Waals surface area contributed by atoms with E-state index in [-0.39, 0.29) is 0 Å². The van der Waals surface area contributed by atoms with Crippen LogP contribution in [-0.2, 0) is 11.2 Å². The van der Waals surface area contributed by atoms with E-state index in [4.69, 9.17) is 9.47 Å². The highest BCUT2D eigenvalue weighted by Crippen LogP contribution is 2.17. The maximum absolute atomic E-state index is 5.19. The molecule has 0 saturated carbocycles. The number of halogens is 1. The lowest BCUT2D eigenvalue weighted by Crippen LogP contribution is -2.12. The highest BCUT2D eigenvalue weighted by atomic mass is 79.9. The number of rotatable bonds is 6. The van der Waals surface area contributed by atoms with Crippen LogP contribution in [0.15, 0.2) is 24.3 Å². The number of hydrogen-bond acceptors (Lipinski definition) is 2. The van der Waals surface area contributed by atoms with E-state index in [9.17, 15) is 0 Å². The van der Waals surface area contributed by atoms with Crippen LogP contribution in [0.1, 0.15) is 5.56 Å². The van der Waals surface area contributed by atoms with Gasteiger partial charge in [-0.1, -0.05) is 28.1 Å². The van der Waals surface area contributed by atoms with Crippen LogP contribution in [-0.4, -0.2) is 26.2 Å². The van der Waals surface area contributed by atoms with Gasteiger partial charge in [0.15, 0.2) is 0 Å². The van der Waals surface area contributed by atoms with Crippen LogP contribution >= 0.6 is 15.9 Å². The van der Waals surface area contributed by atoms with E-state index in [0.29, 0.717) is 5.92 Å². The zero-order valence-corrected chi connectivity index (χ0v) is 10.8. The quantitative estimate of drug-likeness (QED) is 0.742. The van der Waals surface area contributed by atoms with Gasteiger partial charge in [0.2, 0.25) is 0 Å². The van der Waals surface area contributed by atoms with Crippen LogP contribution in [0.2, 0.25) is 0 Å². The molecule has 1 aromatic rings. The molecule has 0 aliphatic rings. The Balaban J connectivity index is 2.61. The first-order valence-electron chi connectivity index (χ1n) is 4.98. The molecule has 0 fully saturated rings. The Morgan fingerprint density at radius 3 is 2.73 bits per heavy atom. The van der Waals surface area contributed by atoms with Gasteiger partial charge in [0.25, 0.3) is 0 Å². The second-order valence-electron chi connectivity index (χ2n) is 3.53. The Bertz CT molecular complexity index is 289. The SMILES string of the molecule is COCC(CBr)Cc1cccc(OC)c1. The number of hydrogen-bond donors (Lipinski definition) is 0. The van der Waals surface area contributed by atoms with Gasteiger partial charge in [-0.25, -0.2) is 0 Å². The third-order valence-electron chi connectivity index (χ3n) is 2.28. The normalized spacial score (nSPS) is 12.5. The summed E-state index contributed by atoms with van der Waals surface area (Å²) in [6.07, 6.45) is 1.01. The van der Waals surface area contributed by atoms with Crippen LogP contribution in [0.4, 0.5) is 0 Å². The fourth-order valence-electron chi connectivity index (χ4n) is 1.53. The van der Waals surface area contributed by atoms with Gasteiger partial charge in [-0.15, -0.1) is 0 Å². The monoisotopic (exact) mass is 272 g/mol. The maximum Gasteiger partial charge on any atom is 0.119 e. The lowest BCUT2D eigenvalue weighted by molar-refractivity contribution is 0.162. The maximum atomic E-state index is 5.19. The van der Waals surface area contributed by atoms with Crippen LogP contribution in [0, 0.1) is 5.92 Å². The van der Waals surface area contributed by atoms with Crippen molar-refractivity contribution >= 4 is 15.9 Å². The van der Waals surface area contributed by atoms with Crippen molar-refractivity contribution in [2.45, 2.75) is 6.42 Å². The van der Waals surface area contributed by atoms with E-state index < -0.39 is 0 Å². The Hall–Kier alpha value is -0.540. The molecule has 0 heterocycles. The van der Waals surface area contributed by atoms with Gasteiger partial charge in [-0.05, 0) is 30.0 Å². The molecule has 15 heavy (non-hydrogen) atoms. The average Bonchev–Trinajstić information content (AvgIpc) is 2.29. The topological polar surface area (TPSA) is 18.5 Å². The van der Waals surface area contributed by atoms with Gasteiger partial charge in [-0.2, -0.15) is 0 Å². The molecule has 1 rings (SSSR count). The number of ether oxygens (including phenoxy) is 2. The summed E-state index contributed by atoms with van der Waals surface area (Å²) in [6, 6.07) is 8.17. The molecule has 0 bridgehead atoms. The molecule has 0 aliphatic heterocycles. The van der Waals surface area contributed by atoms with Crippen LogP contribution < -0.4 is 4.74 Å². The van der Waals surface area contributed by atoms with Crippen molar-refractivity contribution in [2.24, 2.45) is 5.92 Å². The van der Waals surface area contributed by atoms with Gasteiger partial charge in [0, 0.05) is 12.4 Å². The Morgan fingerprint density at radius 2 is 2.13 bits per heavy atom. The van der Waals surface area contributed by atoms with Crippen molar-refractivity contribution in [1.82, 2.24) is 0 Å². The Labute approximate surface area is 99.7 Å². The third-order valence-corrected chi connectivity index (χ3v) is 3.19. The lowest BCUT2D eigenvalue weighted by Gasteiger charge is -2.13. The van der Waals surface area contributed by atoms with Crippen molar-refractivity contribution in [1.29, 1.82) is 0 Å². The Morgan fingerprint density at radius 1 is 1.33 bits per heavy atom. The van der Waals surface area contributed by atoms with Crippen molar-refractivity contribution in [2.75, 3.05) is 26.2 Å². The molecule has 0 saturated heterocycles. The van der Waals surface area contributed by atoms with E-state index in [2.05, 4.69) is 28.1 Å². The van der Waals surface area contributed by atoms with Gasteiger partial charge in [0.05, 0.1) is 13.7 Å². The van der Waals surface area contributed by atoms with Crippen LogP contribution in [0.3, 0.4) is 0 Å². The highest BCUT2D eigenvalue weighted by molar-refractivity contribution is 9.09. The molecular formula is C12H17BrO2. The summed E-state index contributed by atoms with van der Waals surface area (Å²) in [5.41, 5.74) is 1.29. The highest BCUT2D eigenvalue weighted by Gasteiger charge is 2.08. The summed E-state index contributed by atoms with van der Waals surface area (Å²) in [5, 5.41) is 0.956. The minimum atomic E-state index is 0.516. The largest absolute Gasteiger partial charge is 0.497 e. The third kappa shape index (κ3) is 4.22. The second kappa shape index (κ2) is 6.85. The van der Waals surface area contributed by atoms with Crippen molar-refractivity contribution < 1.29 is 9.47 Å². The number of methoxy groups -OCH3 is 2. The molecule has 0 spiro atoms. The summed E-state index contributed by atoms with van der Waals surface area (Å²) in [6.45, 7) is 0.780. The molecule has 1 atom stereocenters. The molecule has 3 heteroatoms. The molecular weight excluding hydrogens is 256 g/mol. The van der Waals surface area contributed by atoms with Crippen molar-refractivity contribution in [3.8, 4) is 5.75 Å². The minimum Gasteiger partial charge on any atom is -0.497 e. The summed E-state index contributed by atoms with van der Waals surface area (Å²) < 4.78 is 10.3. The Kier molecular flexibility index (Phi) is 5.73. The second-order valence-corrected chi connectivity index (χ2v) is 4.18. The number of alkyl halides is 1. The molecule has 0 aromatic heterocycles. The molecule has 2 nitrogen and oxygen atoms in total. The first-order valence-corrected chi connectivity index (χ1v) is 6.10. The van der Waals surface area contributed by atoms with Crippen molar-refractivity contribution in [3.05, 3.63) is 29.8 Å². The summed E-state index contributed by atoms with van der Waals surface area (Å²) >= 11 is 3.50. The van der Waals surface area contributed by atoms with Gasteiger partial charge < -0.3 is 9.47 Å². The molecule has 1 unspecified atom stereocenters. The average molecular weight is 273 g/mol. The van der Waals surface area contributed by atoms with Crippen LogP contribution in [0.25, 0.3) is 0 Å². The molecule has 1 aromatic carbocycles. The zero-order valence-electron chi connectivity index (χ0n) is 9.20. The minimum absolute atomic E-state index is 0.516. The van der Waals surface area contributed by atoms with Crippen molar-refractivity contribution in [3.63, 3.8) is 0 Å². The fraction of sp³-hybridized carbons (Fsp3) is 0.500. The van der Waals surface area contributed by atoms with Crippen LogP contribution in [0.5, 0.6) is 5.75 Å². The smallest absolute Gasteiger partial charge is 0.119 e. The van der Waals surface area contributed by atoms with E-state index in [0.717, 1.165) is 24.1 Å². The van der Waals surface area contributed by atoms with E-state index >= 15 is 0 Å². The first-order chi connectivity index (χ1) is 7.30. The molecule has 0 radical (unpaired) electrons. The van der Waals surface area contributed by atoms with E-state index in [1.165, 1.54) is 5.56 Å². The summed E-state index contributed by atoms with van der Waals surface area (Å²) in [5.74, 6) is 1.43. The molecule has 84 valence electrons. The van der Waals surface area contributed by atoms with Gasteiger partial charge in [-0.3, -0.25) is 0 Å². The predicted octanol–water partition coefficient (Wildman–Crippen LogP) is 2.90. The summed E-state index contributed by atoms with van der Waals surface area (Å²) in [4.78, 5) is 0. The first kappa shape index (κ1) is 12.5. The predicted molar refractivity (Wildman–Crippen MR) is 65.9 cm³/mol. The van der Waals surface area contributed by atoms with Gasteiger partial charge >= 0.3 is 0 Å². The molecule has 0 amide bonds. The fourth-order valence-corrected chi connectivity index (χ4v) is 1.94. The summed E-state index contributed by atoms with van der Waals surface area (Å²) in [7, 11) is 3.43. The molecule has 0 N–H and O–H groups in total. The lowest BCUT2D eigenvalue weighted by atomic mass is 10.0. The standard InChI is InChI=1S/C12H17BrO2/c1-14-9-11(8-13)6-10-4-3-5-12(7-10)15-2/h3-5,7,11H,6,8-9H2,1-2H3. The van der Waals surface area contributed by atoms with E-state index in [1.54, 1.807) is 14.2 Å². The van der Waals surface area contributed by atoms with E-state index in [1.807, 2.05) is 12.1 Å². The zero-order chi connectivity index (χ0) is 11.1. The number of benzene rings is 1. The van der Waals surface area contributed by atoms with Gasteiger partial charge in [0.1, 0.15) is 5.75 Å². The molecule has 0 aliphatic carbocycles.